The van der Waals surface area contributed by atoms with Crippen molar-refractivity contribution >= 4 is 0 Å². The molecule has 0 atom stereocenters. The van der Waals surface area contributed by atoms with Crippen LogP contribution >= 0.6 is 0 Å². The van der Waals surface area contributed by atoms with Gasteiger partial charge in [-0.3, -0.25) is 0 Å². The number of hydrogen-bond donors (Lipinski definition) is 1. The Labute approximate surface area is 127 Å². The van der Waals surface area contributed by atoms with Gasteiger partial charge in [-0.05, 0) is 60.2 Å². The van der Waals surface area contributed by atoms with Crippen molar-refractivity contribution in [3.05, 3.63) is 70.5 Å². The van der Waals surface area contributed by atoms with Gasteiger partial charge in [-0.2, -0.15) is 0 Å². The van der Waals surface area contributed by atoms with Gasteiger partial charge in [0.05, 0.1) is 0 Å². The third-order valence-corrected chi connectivity index (χ3v) is 3.85. The average molecular weight is 285 g/mol. The molecule has 0 aliphatic carbocycles. The summed E-state index contributed by atoms with van der Waals surface area (Å²) in [5.41, 5.74) is 4.91. The summed E-state index contributed by atoms with van der Waals surface area (Å²) in [5, 5.41) is 3.45. The van der Waals surface area contributed by atoms with E-state index in [-0.39, 0.29) is 5.82 Å². The number of halogens is 1. The van der Waals surface area contributed by atoms with Gasteiger partial charge in [-0.15, -0.1) is 0 Å². The van der Waals surface area contributed by atoms with Crippen molar-refractivity contribution in [1.29, 1.82) is 0 Å². The van der Waals surface area contributed by atoms with Gasteiger partial charge >= 0.3 is 0 Å². The van der Waals surface area contributed by atoms with Crippen molar-refractivity contribution in [2.24, 2.45) is 0 Å². The van der Waals surface area contributed by atoms with Crippen LogP contribution in [0.5, 0.6) is 0 Å². The Bertz CT molecular complexity index is 573. The molecular weight excluding hydrogens is 261 g/mol. The van der Waals surface area contributed by atoms with Crippen molar-refractivity contribution in [2.75, 3.05) is 6.54 Å². The van der Waals surface area contributed by atoms with E-state index >= 15 is 0 Å². The standard InChI is InChI=1S/C19H24FN/c1-14(2)17-6-4-16(5-7-17)13-21-11-10-18-8-9-19(20)12-15(18)3/h4-9,12,14,21H,10-11,13H2,1-3H3. The van der Waals surface area contributed by atoms with E-state index in [9.17, 15) is 4.39 Å². The first-order chi connectivity index (χ1) is 10.1. The highest BCUT2D eigenvalue weighted by Crippen LogP contribution is 2.14. The third kappa shape index (κ3) is 4.68. The van der Waals surface area contributed by atoms with Crippen molar-refractivity contribution in [1.82, 2.24) is 5.32 Å². The molecule has 0 spiro atoms. The predicted molar refractivity (Wildman–Crippen MR) is 87.1 cm³/mol. The van der Waals surface area contributed by atoms with E-state index < -0.39 is 0 Å². The van der Waals surface area contributed by atoms with Crippen LogP contribution in [0, 0.1) is 12.7 Å². The Kier molecular flexibility index (Phi) is 5.51. The highest BCUT2D eigenvalue weighted by Gasteiger charge is 2.01. The van der Waals surface area contributed by atoms with Gasteiger partial charge in [0.1, 0.15) is 5.82 Å². The summed E-state index contributed by atoms with van der Waals surface area (Å²) >= 11 is 0. The molecule has 21 heavy (non-hydrogen) atoms. The van der Waals surface area contributed by atoms with E-state index in [1.807, 2.05) is 13.0 Å². The Balaban J connectivity index is 1.79. The van der Waals surface area contributed by atoms with E-state index in [1.165, 1.54) is 22.8 Å². The lowest BCUT2D eigenvalue weighted by Gasteiger charge is -2.09. The predicted octanol–water partition coefficient (Wildman–Crippen LogP) is 4.59. The third-order valence-electron chi connectivity index (χ3n) is 3.85. The molecule has 2 aromatic carbocycles. The van der Waals surface area contributed by atoms with Crippen LogP contribution in [-0.2, 0) is 13.0 Å². The van der Waals surface area contributed by atoms with Gasteiger partial charge in [0.2, 0.25) is 0 Å². The maximum atomic E-state index is 13.0. The van der Waals surface area contributed by atoms with Crippen LogP contribution in [0.25, 0.3) is 0 Å². The second-order valence-electron chi connectivity index (χ2n) is 5.89. The SMILES string of the molecule is Cc1cc(F)ccc1CCNCc1ccc(C(C)C)cc1. The summed E-state index contributed by atoms with van der Waals surface area (Å²) in [7, 11) is 0. The lowest BCUT2D eigenvalue weighted by Crippen LogP contribution is -2.17. The van der Waals surface area contributed by atoms with Crippen LogP contribution in [0.1, 0.15) is 42.0 Å². The minimum absolute atomic E-state index is 0.158. The van der Waals surface area contributed by atoms with Crippen molar-refractivity contribution in [3.63, 3.8) is 0 Å². The molecule has 0 fully saturated rings. The number of rotatable bonds is 6. The van der Waals surface area contributed by atoms with Crippen LogP contribution in [0.15, 0.2) is 42.5 Å². The molecule has 1 nitrogen and oxygen atoms in total. The van der Waals surface area contributed by atoms with E-state index in [0.29, 0.717) is 5.92 Å². The van der Waals surface area contributed by atoms with Crippen LogP contribution < -0.4 is 5.32 Å². The second-order valence-corrected chi connectivity index (χ2v) is 5.89. The highest BCUT2D eigenvalue weighted by atomic mass is 19.1. The first-order valence-electron chi connectivity index (χ1n) is 7.61. The lowest BCUT2D eigenvalue weighted by molar-refractivity contribution is 0.624. The molecule has 0 saturated carbocycles. The molecule has 0 heterocycles. The minimum Gasteiger partial charge on any atom is -0.312 e. The van der Waals surface area contributed by atoms with Crippen LogP contribution in [0.2, 0.25) is 0 Å². The molecule has 0 saturated heterocycles. The summed E-state index contributed by atoms with van der Waals surface area (Å²) in [6.45, 7) is 8.15. The van der Waals surface area contributed by atoms with Crippen LogP contribution in [0.4, 0.5) is 4.39 Å². The van der Waals surface area contributed by atoms with E-state index in [4.69, 9.17) is 0 Å². The summed E-state index contributed by atoms with van der Waals surface area (Å²) in [6.07, 6.45) is 0.927. The van der Waals surface area contributed by atoms with Gasteiger partial charge in [0.25, 0.3) is 0 Å². The number of benzene rings is 2. The molecule has 2 heteroatoms. The fourth-order valence-corrected chi connectivity index (χ4v) is 2.42. The zero-order valence-corrected chi connectivity index (χ0v) is 13.1. The Morgan fingerprint density at radius 3 is 2.38 bits per heavy atom. The van der Waals surface area contributed by atoms with Crippen molar-refractivity contribution in [2.45, 2.75) is 39.7 Å². The number of nitrogens with one attached hydrogen (secondary N) is 1. The first-order valence-corrected chi connectivity index (χ1v) is 7.61. The molecule has 0 amide bonds. The zero-order chi connectivity index (χ0) is 15.2. The molecule has 0 aromatic heterocycles. The summed E-state index contributed by atoms with van der Waals surface area (Å²) in [4.78, 5) is 0. The van der Waals surface area contributed by atoms with Gasteiger partial charge < -0.3 is 5.32 Å². The van der Waals surface area contributed by atoms with Gasteiger partial charge in [-0.1, -0.05) is 44.2 Å². The van der Waals surface area contributed by atoms with E-state index in [2.05, 4.69) is 43.4 Å². The topological polar surface area (TPSA) is 12.0 Å². The molecule has 112 valence electrons. The molecule has 1 N–H and O–H groups in total. The Morgan fingerprint density at radius 2 is 1.76 bits per heavy atom. The smallest absolute Gasteiger partial charge is 0.123 e. The molecule has 0 radical (unpaired) electrons. The van der Waals surface area contributed by atoms with Crippen molar-refractivity contribution < 1.29 is 4.39 Å². The van der Waals surface area contributed by atoms with Crippen LogP contribution in [-0.4, -0.2) is 6.54 Å². The average Bonchev–Trinajstić information content (AvgIpc) is 2.46. The Hall–Kier alpha value is -1.67. The molecule has 0 aliphatic heterocycles. The van der Waals surface area contributed by atoms with Gasteiger partial charge in [-0.25, -0.2) is 4.39 Å². The second kappa shape index (κ2) is 7.37. The monoisotopic (exact) mass is 285 g/mol. The maximum absolute atomic E-state index is 13.0. The number of hydrogen-bond acceptors (Lipinski definition) is 1. The maximum Gasteiger partial charge on any atom is 0.123 e. The van der Waals surface area contributed by atoms with E-state index in [1.54, 1.807) is 6.07 Å². The highest BCUT2D eigenvalue weighted by molar-refractivity contribution is 5.27. The van der Waals surface area contributed by atoms with E-state index in [0.717, 1.165) is 25.1 Å². The summed E-state index contributed by atoms with van der Waals surface area (Å²) in [5.74, 6) is 0.419. The molecule has 0 aliphatic rings. The van der Waals surface area contributed by atoms with Gasteiger partial charge in [0.15, 0.2) is 0 Å². The van der Waals surface area contributed by atoms with Crippen molar-refractivity contribution in [3.8, 4) is 0 Å². The van der Waals surface area contributed by atoms with Gasteiger partial charge in [0, 0.05) is 6.54 Å². The molecule has 0 unspecified atom stereocenters. The fourth-order valence-electron chi connectivity index (χ4n) is 2.42. The molecule has 2 aromatic rings. The fraction of sp³-hybridized carbons (Fsp3) is 0.368. The molecule has 0 bridgehead atoms. The largest absolute Gasteiger partial charge is 0.312 e. The first kappa shape index (κ1) is 15.7. The Morgan fingerprint density at radius 1 is 1.05 bits per heavy atom. The normalized spacial score (nSPS) is 11.1. The quantitative estimate of drug-likeness (QED) is 0.765. The van der Waals surface area contributed by atoms with Crippen LogP contribution in [0.3, 0.4) is 0 Å². The molecule has 2 rings (SSSR count). The molecular formula is C19H24FN. The lowest BCUT2D eigenvalue weighted by atomic mass is 10.0. The minimum atomic E-state index is -0.158. The number of aryl methyl sites for hydroxylation is 1. The zero-order valence-electron chi connectivity index (χ0n) is 13.1. The summed E-state index contributed by atoms with van der Waals surface area (Å²) in [6, 6.07) is 13.8. The summed E-state index contributed by atoms with van der Waals surface area (Å²) < 4.78 is 13.0.